The fourth-order valence-corrected chi connectivity index (χ4v) is 3.86. The van der Waals surface area contributed by atoms with Gasteiger partial charge in [-0.25, -0.2) is 4.68 Å². The Morgan fingerprint density at radius 1 is 1.00 bits per heavy atom. The molecule has 0 fully saturated rings. The van der Waals surface area contributed by atoms with E-state index >= 15 is 0 Å². The van der Waals surface area contributed by atoms with E-state index < -0.39 is 4.92 Å². The predicted molar refractivity (Wildman–Crippen MR) is 131 cm³/mol. The van der Waals surface area contributed by atoms with Gasteiger partial charge in [0.05, 0.1) is 27.6 Å². The average molecular weight is 441 g/mol. The van der Waals surface area contributed by atoms with E-state index in [0.717, 1.165) is 28.9 Å². The molecule has 0 radical (unpaired) electrons. The van der Waals surface area contributed by atoms with E-state index in [4.69, 9.17) is 4.99 Å². The van der Waals surface area contributed by atoms with Gasteiger partial charge in [0.15, 0.2) is 0 Å². The van der Waals surface area contributed by atoms with Crippen LogP contribution in [0.2, 0.25) is 0 Å². The van der Waals surface area contributed by atoms with Gasteiger partial charge in [-0.3, -0.25) is 25.0 Å². The monoisotopic (exact) mass is 440 g/mol. The third-order valence-electron chi connectivity index (χ3n) is 5.42. The summed E-state index contributed by atoms with van der Waals surface area (Å²) in [4.78, 5) is 28.7. The van der Waals surface area contributed by atoms with Crippen molar-refractivity contribution in [2.24, 2.45) is 4.99 Å². The number of nitro groups is 1. The van der Waals surface area contributed by atoms with Gasteiger partial charge in [0.25, 0.3) is 11.2 Å². The number of aromatic amines is 1. The molecule has 4 rings (SSSR count). The molecule has 0 saturated carbocycles. The Labute approximate surface area is 191 Å². The molecule has 0 aliphatic rings. The summed E-state index contributed by atoms with van der Waals surface area (Å²) in [5.74, 6) is 0. The average Bonchev–Trinajstić information content (AvgIpc) is 3.16. The summed E-state index contributed by atoms with van der Waals surface area (Å²) in [6.07, 6.45) is 1.53. The van der Waals surface area contributed by atoms with Crippen LogP contribution in [0.4, 0.5) is 11.4 Å². The van der Waals surface area contributed by atoms with Gasteiger partial charge in [0.1, 0.15) is 0 Å². The molecular formula is C26H24N4O3. The van der Waals surface area contributed by atoms with Gasteiger partial charge in [-0.1, -0.05) is 61.9 Å². The summed E-state index contributed by atoms with van der Waals surface area (Å²) in [5.41, 5.74) is 5.03. The number of nitrogens with one attached hydrogen (secondary N) is 1. The highest BCUT2D eigenvalue weighted by atomic mass is 16.6. The van der Waals surface area contributed by atoms with E-state index in [1.54, 1.807) is 12.1 Å². The van der Waals surface area contributed by atoms with E-state index in [9.17, 15) is 14.9 Å². The lowest BCUT2D eigenvalue weighted by atomic mass is 10.0. The second-order valence-electron chi connectivity index (χ2n) is 7.71. The van der Waals surface area contributed by atoms with Crippen LogP contribution in [0.3, 0.4) is 0 Å². The number of hydrogen-bond acceptors (Lipinski definition) is 4. The number of non-ortho nitro benzene ring substituents is 1. The number of nitrogens with zero attached hydrogens (tertiary/aromatic N) is 3. The molecular weight excluding hydrogens is 416 g/mol. The van der Waals surface area contributed by atoms with Crippen LogP contribution in [0.5, 0.6) is 0 Å². The normalized spacial score (nSPS) is 11.5. The lowest BCUT2D eigenvalue weighted by molar-refractivity contribution is -0.384. The SMILES string of the molecule is CCCc1[nH]n(-c2ccc([N+](=O)[O-])cc2)c(=O)c1C(C)=Nc1ccccc1-c1ccccc1. The van der Waals surface area contributed by atoms with Gasteiger partial charge in [-0.15, -0.1) is 0 Å². The number of rotatable bonds is 7. The third kappa shape index (κ3) is 4.52. The number of H-pyrrole nitrogens is 1. The Kier molecular flexibility index (Phi) is 6.31. The minimum Gasteiger partial charge on any atom is -0.294 e. The molecule has 0 spiro atoms. The predicted octanol–water partition coefficient (Wildman–Crippen LogP) is 5.83. The molecule has 166 valence electrons. The zero-order valence-corrected chi connectivity index (χ0v) is 18.5. The number of nitro benzene ring substituents is 1. The quantitative estimate of drug-likeness (QED) is 0.222. The summed E-state index contributed by atoms with van der Waals surface area (Å²) in [5, 5.41) is 14.1. The van der Waals surface area contributed by atoms with E-state index in [-0.39, 0.29) is 11.2 Å². The van der Waals surface area contributed by atoms with Crippen LogP contribution in [-0.2, 0) is 6.42 Å². The molecule has 33 heavy (non-hydrogen) atoms. The number of benzene rings is 3. The molecule has 0 aliphatic heterocycles. The topological polar surface area (TPSA) is 93.3 Å². The van der Waals surface area contributed by atoms with Gasteiger partial charge in [-0.2, -0.15) is 0 Å². The smallest absolute Gasteiger partial charge is 0.280 e. The summed E-state index contributed by atoms with van der Waals surface area (Å²) in [6.45, 7) is 3.88. The summed E-state index contributed by atoms with van der Waals surface area (Å²) in [7, 11) is 0. The van der Waals surface area contributed by atoms with Gasteiger partial charge < -0.3 is 0 Å². The van der Waals surface area contributed by atoms with E-state index in [1.807, 2.05) is 68.4 Å². The van der Waals surface area contributed by atoms with Crippen molar-refractivity contribution in [1.29, 1.82) is 0 Å². The number of aromatic nitrogens is 2. The third-order valence-corrected chi connectivity index (χ3v) is 5.42. The Bertz CT molecular complexity index is 1370. The van der Waals surface area contributed by atoms with Crippen LogP contribution in [0.25, 0.3) is 16.8 Å². The van der Waals surface area contributed by atoms with Crippen molar-refractivity contribution in [2.45, 2.75) is 26.7 Å². The van der Waals surface area contributed by atoms with Crippen molar-refractivity contribution in [3.63, 3.8) is 0 Å². The molecule has 1 heterocycles. The zero-order chi connectivity index (χ0) is 23.4. The molecule has 7 heteroatoms. The lowest BCUT2D eigenvalue weighted by Crippen LogP contribution is -2.19. The van der Waals surface area contributed by atoms with Gasteiger partial charge in [-0.05, 0) is 37.1 Å². The number of aryl methyl sites for hydroxylation is 1. The first-order valence-electron chi connectivity index (χ1n) is 10.8. The number of aliphatic imine (C=N–C) groups is 1. The highest BCUT2D eigenvalue weighted by Crippen LogP contribution is 2.30. The van der Waals surface area contributed by atoms with Gasteiger partial charge in [0.2, 0.25) is 0 Å². The molecule has 0 aliphatic carbocycles. The van der Waals surface area contributed by atoms with Crippen molar-refractivity contribution in [3.05, 3.63) is 111 Å². The fraction of sp³-hybridized carbons (Fsp3) is 0.154. The zero-order valence-electron chi connectivity index (χ0n) is 18.5. The van der Waals surface area contributed by atoms with E-state index in [0.29, 0.717) is 23.4 Å². The molecule has 0 amide bonds. The lowest BCUT2D eigenvalue weighted by Gasteiger charge is -2.07. The maximum atomic E-state index is 13.4. The minimum atomic E-state index is -0.462. The summed E-state index contributed by atoms with van der Waals surface area (Å²) < 4.78 is 1.42. The second-order valence-corrected chi connectivity index (χ2v) is 7.71. The first kappa shape index (κ1) is 22.0. The van der Waals surface area contributed by atoms with Crippen LogP contribution in [0, 0.1) is 10.1 Å². The first-order valence-corrected chi connectivity index (χ1v) is 10.8. The standard InChI is InChI=1S/C26H24N4O3/c1-3-9-24-25(26(31)29(28-24)20-14-16-21(17-15-20)30(32)33)18(2)27-23-13-8-7-12-22(23)19-10-5-4-6-11-19/h4-8,10-17,28H,3,9H2,1-2H3. The van der Waals surface area contributed by atoms with Crippen molar-refractivity contribution in [3.8, 4) is 16.8 Å². The van der Waals surface area contributed by atoms with Crippen LogP contribution in [0.1, 0.15) is 31.5 Å². The molecule has 0 saturated heterocycles. The summed E-state index contributed by atoms with van der Waals surface area (Å²) >= 11 is 0. The van der Waals surface area contributed by atoms with Crippen LogP contribution in [0.15, 0.2) is 88.6 Å². The largest absolute Gasteiger partial charge is 0.294 e. The van der Waals surface area contributed by atoms with E-state index in [2.05, 4.69) is 5.10 Å². The molecule has 7 nitrogen and oxygen atoms in total. The minimum absolute atomic E-state index is 0.0253. The highest BCUT2D eigenvalue weighted by Gasteiger charge is 2.18. The summed E-state index contributed by atoms with van der Waals surface area (Å²) in [6, 6.07) is 23.7. The fourth-order valence-electron chi connectivity index (χ4n) is 3.86. The Balaban J connectivity index is 1.80. The molecule has 3 aromatic carbocycles. The van der Waals surface area contributed by atoms with Crippen molar-refractivity contribution in [2.75, 3.05) is 0 Å². The Hall–Kier alpha value is -4.26. The Morgan fingerprint density at radius 2 is 1.67 bits per heavy atom. The molecule has 1 N–H and O–H groups in total. The van der Waals surface area contributed by atoms with Crippen LogP contribution >= 0.6 is 0 Å². The number of para-hydroxylation sites is 1. The molecule has 0 bridgehead atoms. The molecule has 0 unspecified atom stereocenters. The van der Waals surface area contributed by atoms with Crippen molar-refractivity contribution >= 4 is 17.1 Å². The molecule has 0 atom stereocenters. The van der Waals surface area contributed by atoms with Crippen LogP contribution < -0.4 is 5.56 Å². The highest BCUT2D eigenvalue weighted by molar-refractivity contribution is 6.02. The van der Waals surface area contributed by atoms with Gasteiger partial charge in [0, 0.05) is 23.4 Å². The van der Waals surface area contributed by atoms with Crippen LogP contribution in [-0.4, -0.2) is 20.4 Å². The van der Waals surface area contributed by atoms with Gasteiger partial charge >= 0.3 is 0 Å². The first-order chi connectivity index (χ1) is 16.0. The number of hydrogen-bond donors (Lipinski definition) is 1. The Morgan fingerprint density at radius 3 is 2.33 bits per heavy atom. The maximum Gasteiger partial charge on any atom is 0.280 e. The van der Waals surface area contributed by atoms with E-state index in [1.165, 1.54) is 16.8 Å². The molecule has 1 aromatic heterocycles. The maximum absolute atomic E-state index is 13.4. The van der Waals surface area contributed by atoms with Crippen molar-refractivity contribution in [1.82, 2.24) is 9.78 Å². The van der Waals surface area contributed by atoms with Crippen molar-refractivity contribution < 1.29 is 4.92 Å². The second kappa shape index (κ2) is 9.48. The molecule has 4 aromatic rings.